The molecule has 2 N–H and O–H groups in total. The highest BCUT2D eigenvalue weighted by atomic mass is 32.1. The van der Waals surface area contributed by atoms with E-state index >= 15 is 0 Å². The Kier molecular flexibility index (Phi) is 7.05. The third-order valence-corrected chi connectivity index (χ3v) is 5.00. The standard InChI is InChI=1S/C19H23N3O4S/c1-5-26-19(23)17-14(13(9-20)18(21)27-17)11-22(2)10-12-7-6-8-15(24-3)16(12)25-4/h6-8H,5,10-11,21H2,1-4H3. The van der Waals surface area contributed by atoms with Crippen LogP contribution >= 0.6 is 11.3 Å². The van der Waals surface area contributed by atoms with Gasteiger partial charge in [-0.25, -0.2) is 4.79 Å². The molecule has 2 aromatic rings. The Hall–Kier alpha value is -2.76. The molecule has 0 aliphatic heterocycles. The predicted octanol–water partition coefficient (Wildman–Crippen LogP) is 3.03. The number of carbonyl (C=O) groups excluding carboxylic acids is 1. The van der Waals surface area contributed by atoms with Crippen molar-refractivity contribution in [2.24, 2.45) is 0 Å². The van der Waals surface area contributed by atoms with Gasteiger partial charge >= 0.3 is 5.97 Å². The van der Waals surface area contributed by atoms with Crippen molar-refractivity contribution in [3.8, 4) is 17.6 Å². The molecular formula is C19H23N3O4S. The van der Waals surface area contributed by atoms with Gasteiger partial charge in [0, 0.05) is 24.2 Å². The van der Waals surface area contributed by atoms with Gasteiger partial charge in [0.2, 0.25) is 0 Å². The van der Waals surface area contributed by atoms with Crippen LogP contribution in [0, 0.1) is 11.3 Å². The Balaban J connectivity index is 2.30. The number of nitrogen functional groups attached to an aromatic ring is 1. The fraction of sp³-hybridized carbons (Fsp3) is 0.368. The van der Waals surface area contributed by atoms with E-state index in [4.69, 9.17) is 19.9 Å². The van der Waals surface area contributed by atoms with Crippen molar-refractivity contribution in [1.29, 1.82) is 5.26 Å². The summed E-state index contributed by atoms with van der Waals surface area (Å²) in [6.07, 6.45) is 0. The van der Waals surface area contributed by atoms with Crippen LogP contribution in [-0.4, -0.2) is 38.7 Å². The molecule has 0 atom stereocenters. The zero-order chi connectivity index (χ0) is 20.0. The van der Waals surface area contributed by atoms with E-state index in [-0.39, 0.29) is 6.61 Å². The molecule has 7 nitrogen and oxygen atoms in total. The number of hydrogen-bond acceptors (Lipinski definition) is 8. The molecule has 1 aromatic carbocycles. The Morgan fingerprint density at radius 2 is 2.04 bits per heavy atom. The van der Waals surface area contributed by atoms with Crippen molar-refractivity contribution >= 4 is 22.3 Å². The summed E-state index contributed by atoms with van der Waals surface area (Å²) in [4.78, 5) is 14.6. The van der Waals surface area contributed by atoms with Crippen LogP contribution in [0.5, 0.6) is 11.5 Å². The van der Waals surface area contributed by atoms with Gasteiger partial charge in [-0.15, -0.1) is 11.3 Å². The van der Waals surface area contributed by atoms with E-state index in [1.165, 1.54) is 0 Å². The van der Waals surface area contributed by atoms with Gasteiger partial charge in [0.15, 0.2) is 11.5 Å². The number of nitriles is 1. The number of para-hydroxylation sites is 1. The van der Waals surface area contributed by atoms with Crippen molar-refractivity contribution in [3.63, 3.8) is 0 Å². The molecule has 0 bridgehead atoms. The fourth-order valence-electron chi connectivity index (χ4n) is 2.81. The minimum atomic E-state index is -0.460. The van der Waals surface area contributed by atoms with Crippen LogP contribution in [0.2, 0.25) is 0 Å². The van der Waals surface area contributed by atoms with Gasteiger partial charge in [0.05, 0.1) is 26.4 Å². The first-order valence-electron chi connectivity index (χ1n) is 8.33. The lowest BCUT2D eigenvalue weighted by molar-refractivity contribution is 0.0530. The predicted molar refractivity (Wildman–Crippen MR) is 104 cm³/mol. The first-order valence-corrected chi connectivity index (χ1v) is 9.15. The molecule has 0 saturated heterocycles. The zero-order valence-electron chi connectivity index (χ0n) is 15.9. The maximum Gasteiger partial charge on any atom is 0.348 e. The van der Waals surface area contributed by atoms with E-state index in [0.29, 0.717) is 45.6 Å². The SMILES string of the molecule is CCOC(=O)c1sc(N)c(C#N)c1CN(C)Cc1cccc(OC)c1OC. The van der Waals surface area contributed by atoms with Crippen molar-refractivity contribution < 1.29 is 19.0 Å². The third-order valence-electron chi connectivity index (χ3n) is 3.96. The number of thiophene rings is 1. The molecule has 1 aromatic heterocycles. The minimum Gasteiger partial charge on any atom is -0.493 e. The Morgan fingerprint density at radius 3 is 2.63 bits per heavy atom. The molecule has 0 spiro atoms. The summed E-state index contributed by atoms with van der Waals surface area (Å²) in [5.41, 5.74) is 7.77. The number of rotatable bonds is 8. The number of ether oxygens (including phenoxy) is 3. The summed E-state index contributed by atoms with van der Waals surface area (Å²) in [5.74, 6) is 0.842. The molecule has 1 heterocycles. The molecule has 144 valence electrons. The summed E-state index contributed by atoms with van der Waals surface area (Å²) in [5, 5.41) is 9.77. The fourth-order valence-corrected chi connectivity index (χ4v) is 3.74. The van der Waals surface area contributed by atoms with Crippen molar-refractivity contribution in [2.45, 2.75) is 20.0 Å². The van der Waals surface area contributed by atoms with E-state index in [2.05, 4.69) is 6.07 Å². The van der Waals surface area contributed by atoms with Crippen LogP contribution in [0.15, 0.2) is 18.2 Å². The second kappa shape index (κ2) is 9.26. The summed E-state index contributed by atoms with van der Waals surface area (Å²) in [6, 6.07) is 7.75. The van der Waals surface area contributed by atoms with Crippen molar-refractivity contribution in [3.05, 3.63) is 39.8 Å². The maximum absolute atomic E-state index is 12.2. The number of anilines is 1. The molecule has 0 amide bonds. The van der Waals surface area contributed by atoms with Gasteiger partial charge in [-0.05, 0) is 20.0 Å². The summed E-state index contributed by atoms with van der Waals surface area (Å²) >= 11 is 1.09. The van der Waals surface area contributed by atoms with Crippen LogP contribution in [0.4, 0.5) is 5.00 Å². The average molecular weight is 389 g/mol. The van der Waals surface area contributed by atoms with Gasteiger partial charge < -0.3 is 19.9 Å². The molecular weight excluding hydrogens is 366 g/mol. The minimum absolute atomic E-state index is 0.259. The van der Waals surface area contributed by atoms with E-state index in [1.807, 2.05) is 30.1 Å². The summed E-state index contributed by atoms with van der Waals surface area (Å²) in [6.45, 7) is 2.89. The van der Waals surface area contributed by atoms with Crippen LogP contribution in [0.1, 0.15) is 33.3 Å². The van der Waals surface area contributed by atoms with Gasteiger partial charge in [-0.2, -0.15) is 5.26 Å². The molecule has 0 aliphatic rings. The van der Waals surface area contributed by atoms with Crippen molar-refractivity contribution in [1.82, 2.24) is 4.90 Å². The van der Waals surface area contributed by atoms with Gasteiger partial charge in [0.1, 0.15) is 15.9 Å². The lowest BCUT2D eigenvalue weighted by Crippen LogP contribution is -2.20. The van der Waals surface area contributed by atoms with Crippen LogP contribution in [-0.2, 0) is 17.8 Å². The lowest BCUT2D eigenvalue weighted by Gasteiger charge is -2.20. The van der Waals surface area contributed by atoms with E-state index < -0.39 is 5.97 Å². The molecule has 0 unspecified atom stereocenters. The second-order valence-corrected chi connectivity index (χ2v) is 6.86. The number of methoxy groups -OCH3 is 2. The van der Waals surface area contributed by atoms with Gasteiger partial charge in [-0.1, -0.05) is 12.1 Å². The molecule has 8 heteroatoms. The number of nitrogens with two attached hydrogens (primary N) is 1. The van der Waals surface area contributed by atoms with E-state index in [9.17, 15) is 10.1 Å². The van der Waals surface area contributed by atoms with E-state index in [1.54, 1.807) is 21.1 Å². The monoisotopic (exact) mass is 389 g/mol. The topological polar surface area (TPSA) is 97.8 Å². The van der Waals surface area contributed by atoms with Crippen LogP contribution < -0.4 is 15.2 Å². The lowest BCUT2D eigenvalue weighted by atomic mass is 10.1. The number of benzene rings is 1. The Bertz CT molecular complexity index is 857. The largest absolute Gasteiger partial charge is 0.493 e. The summed E-state index contributed by atoms with van der Waals surface area (Å²) < 4.78 is 15.9. The zero-order valence-corrected chi connectivity index (χ0v) is 16.7. The second-order valence-electron chi connectivity index (χ2n) is 5.81. The highest BCUT2D eigenvalue weighted by Gasteiger charge is 2.24. The molecule has 27 heavy (non-hydrogen) atoms. The first kappa shape index (κ1) is 20.6. The van der Waals surface area contributed by atoms with Crippen LogP contribution in [0.3, 0.4) is 0 Å². The average Bonchev–Trinajstić information content (AvgIpc) is 2.96. The number of nitrogens with zero attached hydrogens (tertiary/aromatic N) is 2. The molecule has 2 rings (SSSR count). The Morgan fingerprint density at radius 1 is 1.30 bits per heavy atom. The normalized spacial score (nSPS) is 10.5. The quantitative estimate of drug-likeness (QED) is 0.693. The maximum atomic E-state index is 12.2. The molecule has 0 radical (unpaired) electrons. The Labute approximate surface area is 162 Å². The van der Waals surface area contributed by atoms with Crippen molar-refractivity contribution in [2.75, 3.05) is 33.6 Å². The first-order chi connectivity index (χ1) is 13.0. The van der Waals surface area contributed by atoms with Gasteiger partial charge in [-0.3, -0.25) is 4.90 Å². The number of carbonyl (C=O) groups is 1. The number of hydrogen-bond donors (Lipinski definition) is 1. The number of esters is 1. The molecule has 0 saturated carbocycles. The third kappa shape index (κ3) is 4.51. The van der Waals surface area contributed by atoms with E-state index in [0.717, 1.165) is 16.9 Å². The van der Waals surface area contributed by atoms with Gasteiger partial charge in [0.25, 0.3) is 0 Å². The van der Waals surface area contributed by atoms with Crippen LogP contribution in [0.25, 0.3) is 0 Å². The summed E-state index contributed by atoms with van der Waals surface area (Å²) in [7, 11) is 5.07. The highest BCUT2D eigenvalue weighted by Crippen LogP contribution is 2.34. The molecule has 0 fully saturated rings. The smallest absolute Gasteiger partial charge is 0.348 e. The molecule has 0 aliphatic carbocycles. The highest BCUT2D eigenvalue weighted by molar-refractivity contribution is 7.18.